The second kappa shape index (κ2) is 6.25. The number of benzene rings is 1. The fourth-order valence-electron chi connectivity index (χ4n) is 2.42. The smallest absolute Gasteiger partial charge is 0.145 e. The van der Waals surface area contributed by atoms with Crippen molar-refractivity contribution in [3.8, 4) is 5.75 Å². The zero-order valence-electron chi connectivity index (χ0n) is 10.2. The molecule has 0 spiro atoms. The summed E-state index contributed by atoms with van der Waals surface area (Å²) in [4.78, 5) is 0. The number of alkyl halides is 1. The summed E-state index contributed by atoms with van der Waals surface area (Å²) in [5.74, 6) is 0.133. The largest absolute Gasteiger partial charge is 0.493 e. The monoisotopic (exact) mass is 334 g/mol. The average Bonchev–Trinajstić information content (AvgIpc) is 2.41. The lowest BCUT2D eigenvalue weighted by atomic mass is 9.76. The van der Waals surface area contributed by atoms with Crippen molar-refractivity contribution in [3.05, 3.63) is 29.0 Å². The van der Waals surface area contributed by atoms with Crippen LogP contribution in [0.4, 0.5) is 4.39 Å². The Morgan fingerprint density at radius 1 is 1.28 bits per heavy atom. The van der Waals surface area contributed by atoms with Gasteiger partial charge in [-0.2, -0.15) is 0 Å². The lowest BCUT2D eigenvalue weighted by Gasteiger charge is -2.35. The number of ether oxygens (including phenoxy) is 1. The second-order valence-electron chi connectivity index (χ2n) is 5.06. The minimum absolute atomic E-state index is 0.134. The molecule has 0 heterocycles. The highest BCUT2D eigenvalue weighted by atomic mass is 79.9. The van der Waals surface area contributed by atoms with Crippen molar-refractivity contribution in [1.82, 2.24) is 0 Å². The summed E-state index contributed by atoms with van der Waals surface area (Å²) in [6.07, 6.45) is 6.17. The van der Waals surface area contributed by atoms with Crippen LogP contribution in [0.15, 0.2) is 18.2 Å². The SMILES string of the molecule is Fc1cc(OCC2(CBr)CCCCC2)ccc1Cl. The summed E-state index contributed by atoms with van der Waals surface area (Å²) in [6, 6.07) is 4.61. The zero-order valence-corrected chi connectivity index (χ0v) is 12.6. The first-order chi connectivity index (χ1) is 8.65. The maximum absolute atomic E-state index is 13.3. The molecule has 1 fully saturated rings. The minimum atomic E-state index is -0.425. The highest BCUT2D eigenvalue weighted by molar-refractivity contribution is 9.09. The molecule has 1 aliphatic carbocycles. The van der Waals surface area contributed by atoms with E-state index in [1.165, 1.54) is 44.2 Å². The molecule has 0 saturated heterocycles. The van der Waals surface area contributed by atoms with Crippen LogP contribution in [0.5, 0.6) is 5.75 Å². The van der Waals surface area contributed by atoms with Crippen molar-refractivity contribution in [2.45, 2.75) is 32.1 Å². The quantitative estimate of drug-likeness (QED) is 0.687. The van der Waals surface area contributed by atoms with Crippen LogP contribution < -0.4 is 4.74 Å². The van der Waals surface area contributed by atoms with Crippen molar-refractivity contribution in [2.24, 2.45) is 5.41 Å². The number of hydrogen-bond acceptors (Lipinski definition) is 1. The molecule has 1 nitrogen and oxygen atoms in total. The van der Waals surface area contributed by atoms with Gasteiger partial charge in [0.05, 0.1) is 11.6 Å². The third-order valence-electron chi connectivity index (χ3n) is 3.63. The van der Waals surface area contributed by atoms with E-state index in [0.717, 1.165) is 5.33 Å². The fourth-order valence-corrected chi connectivity index (χ4v) is 3.26. The number of hydrogen-bond donors (Lipinski definition) is 0. The van der Waals surface area contributed by atoms with Crippen LogP contribution >= 0.6 is 27.5 Å². The van der Waals surface area contributed by atoms with Crippen molar-refractivity contribution in [3.63, 3.8) is 0 Å². The Hall–Kier alpha value is -0.280. The maximum Gasteiger partial charge on any atom is 0.145 e. The summed E-state index contributed by atoms with van der Waals surface area (Å²) >= 11 is 9.24. The summed E-state index contributed by atoms with van der Waals surface area (Å²) < 4.78 is 19.0. The van der Waals surface area contributed by atoms with Gasteiger partial charge in [0.15, 0.2) is 0 Å². The van der Waals surface area contributed by atoms with Crippen molar-refractivity contribution in [1.29, 1.82) is 0 Å². The molecular weight excluding hydrogens is 319 g/mol. The molecule has 1 aromatic carbocycles. The highest BCUT2D eigenvalue weighted by Crippen LogP contribution is 2.38. The van der Waals surface area contributed by atoms with Crippen LogP contribution in [-0.2, 0) is 0 Å². The molecule has 0 unspecified atom stereocenters. The Labute approximate surface area is 121 Å². The van der Waals surface area contributed by atoms with Crippen LogP contribution in [0.3, 0.4) is 0 Å². The Morgan fingerprint density at radius 2 is 2.00 bits per heavy atom. The summed E-state index contributed by atoms with van der Waals surface area (Å²) in [6.45, 7) is 0.638. The van der Waals surface area contributed by atoms with Gasteiger partial charge < -0.3 is 4.74 Å². The van der Waals surface area contributed by atoms with Crippen molar-refractivity contribution < 1.29 is 9.13 Å². The summed E-state index contributed by atoms with van der Waals surface area (Å²) in [5, 5.41) is 1.08. The van der Waals surface area contributed by atoms with Gasteiger partial charge in [0.1, 0.15) is 11.6 Å². The molecule has 100 valence electrons. The summed E-state index contributed by atoms with van der Waals surface area (Å²) in [7, 11) is 0. The molecule has 0 N–H and O–H groups in total. The molecule has 0 aliphatic heterocycles. The first-order valence-corrected chi connectivity index (χ1v) is 7.79. The Kier molecular flexibility index (Phi) is 4.91. The van der Waals surface area contributed by atoms with Gasteiger partial charge in [-0.05, 0) is 25.0 Å². The van der Waals surface area contributed by atoms with E-state index in [0.29, 0.717) is 12.4 Å². The van der Waals surface area contributed by atoms with Gasteiger partial charge in [0.25, 0.3) is 0 Å². The molecular formula is C14H17BrClFO. The van der Waals surface area contributed by atoms with E-state index in [1.54, 1.807) is 6.07 Å². The highest BCUT2D eigenvalue weighted by Gasteiger charge is 2.31. The first kappa shape index (κ1) is 14.1. The zero-order chi connectivity index (χ0) is 13.0. The Bertz CT molecular complexity index is 405. The normalized spacial score (nSPS) is 18.6. The van der Waals surface area contributed by atoms with E-state index in [9.17, 15) is 4.39 Å². The van der Waals surface area contributed by atoms with E-state index >= 15 is 0 Å². The molecule has 18 heavy (non-hydrogen) atoms. The lowest BCUT2D eigenvalue weighted by Crippen LogP contribution is -2.32. The third kappa shape index (κ3) is 3.39. The molecule has 0 aromatic heterocycles. The van der Waals surface area contributed by atoms with E-state index < -0.39 is 5.82 Å². The lowest BCUT2D eigenvalue weighted by molar-refractivity contribution is 0.121. The number of halogens is 3. The molecule has 0 amide bonds. The fraction of sp³-hybridized carbons (Fsp3) is 0.571. The predicted octanol–water partition coefficient (Wildman–Crippen LogP) is 5.20. The molecule has 2 rings (SSSR count). The van der Waals surface area contributed by atoms with Gasteiger partial charge in [0, 0.05) is 16.8 Å². The third-order valence-corrected chi connectivity index (χ3v) is 5.13. The van der Waals surface area contributed by atoms with Gasteiger partial charge in [-0.1, -0.05) is 46.8 Å². The average molecular weight is 336 g/mol. The minimum Gasteiger partial charge on any atom is -0.493 e. The van der Waals surface area contributed by atoms with Gasteiger partial charge >= 0.3 is 0 Å². The Balaban J connectivity index is 1.98. The molecule has 1 saturated carbocycles. The van der Waals surface area contributed by atoms with Crippen LogP contribution in [0.1, 0.15) is 32.1 Å². The topological polar surface area (TPSA) is 9.23 Å². The molecule has 0 radical (unpaired) electrons. The van der Waals surface area contributed by atoms with Gasteiger partial charge in [0.2, 0.25) is 0 Å². The molecule has 0 atom stereocenters. The molecule has 1 aliphatic rings. The van der Waals surface area contributed by atoms with E-state index in [4.69, 9.17) is 16.3 Å². The summed E-state index contributed by atoms with van der Waals surface area (Å²) in [5.41, 5.74) is 0.203. The van der Waals surface area contributed by atoms with Gasteiger partial charge in [-0.25, -0.2) is 4.39 Å². The van der Waals surface area contributed by atoms with Crippen molar-refractivity contribution in [2.75, 3.05) is 11.9 Å². The van der Waals surface area contributed by atoms with Crippen LogP contribution in [0.25, 0.3) is 0 Å². The molecule has 0 bridgehead atoms. The Morgan fingerprint density at radius 3 is 2.61 bits per heavy atom. The standard InChI is InChI=1S/C14H17BrClFO/c15-9-14(6-2-1-3-7-14)10-18-11-4-5-12(16)13(17)8-11/h4-5,8H,1-3,6-7,9-10H2. The van der Waals surface area contributed by atoms with E-state index in [2.05, 4.69) is 15.9 Å². The number of rotatable bonds is 4. The molecule has 1 aromatic rings. The van der Waals surface area contributed by atoms with Crippen LogP contribution in [-0.4, -0.2) is 11.9 Å². The van der Waals surface area contributed by atoms with Crippen molar-refractivity contribution >= 4 is 27.5 Å². The van der Waals surface area contributed by atoms with Crippen LogP contribution in [0, 0.1) is 11.2 Å². The van der Waals surface area contributed by atoms with Gasteiger partial charge in [-0.15, -0.1) is 0 Å². The maximum atomic E-state index is 13.3. The first-order valence-electron chi connectivity index (χ1n) is 6.29. The van der Waals surface area contributed by atoms with E-state index in [-0.39, 0.29) is 10.4 Å². The van der Waals surface area contributed by atoms with E-state index in [1.807, 2.05) is 0 Å². The second-order valence-corrected chi connectivity index (χ2v) is 6.03. The predicted molar refractivity (Wildman–Crippen MR) is 76.2 cm³/mol. The van der Waals surface area contributed by atoms with Crippen LogP contribution in [0.2, 0.25) is 5.02 Å². The van der Waals surface area contributed by atoms with Gasteiger partial charge in [-0.3, -0.25) is 0 Å². The molecule has 4 heteroatoms.